The van der Waals surface area contributed by atoms with Gasteiger partial charge < -0.3 is 14.8 Å². The number of para-hydroxylation sites is 1. The first kappa shape index (κ1) is 22.0. The predicted molar refractivity (Wildman–Crippen MR) is 119 cm³/mol. The lowest BCUT2D eigenvalue weighted by Crippen LogP contribution is -2.22. The molecule has 30 heavy (non-hydrogen) atoms. The van der Waals surface area contributed by atoms with Crippen LogP contribution in [0.5, 0.6) is 5.75 Å². The van der Waals surface area contributed by atoms with Gasteiger partial charge in [0.15, 0.2) is 5.13 Å². The molecule has 1 aromatic carbocycles. The third-order valence-corrected chi connectivity index (χ3v) is 6.11. The lowest BCUT2D eigenvalue weighted by molar-refractivity contribution is -0.142. The smallest absolute Gasteiger partial charge is 0.311 e. The van der Waals surface area contributed by atoms with Crippen molar-refractivity contribution in [1.29, 1.82) is 0 Å². The van der Waals surface area contributed by atoms with Gasteiger partial charge in [-0.1, -0.05) is 23.9 Å². The van der Waals surface area contributed by atoms with Gasteiger partial charge in [-0.3, -0.25) is 9.59 Å². The van der Waals surface area contributed by atoms with Gasteiger partial charge >= 0.3 is 5.97 Å². The highest BCUT2D eigenvalue weighted by Gasteiger charge is 2.18. The SMILES string of the molecule is CCOC(=O)Cc1csc(NC(=O)C(C)Sc2cc(C)c3cccc(OC)c3n2)n1. The molecule has 3 aromatic rings. The second-order valence-corrected chi connectivity index (χ2v) is 8.73. The number of aryl methyl sites for hydroxylation is 1. The summed E-state index contributed by atoms with van der Waals surface area (Å²) >= 11 is 2.65. The molecule has 2 heterocycles. The van der Waals surface area contributed by atoms with Crippen LogP contribution in [0.4, 0.5) is 5.13 Å². The summed E-state index contributed by atoms with van der Waals surface area (Å²) in [4.78, 5) is 33.1. The number of anilines is 1. The molecule has 0 saturated carbocycles. The van der Waals surface area contributed by atoms with Gasteiger partial charge in [0.2, 0.25) is 5.91 Å². The minimum Gasteiger partial charge on any atom is -0.494 e. The number of rotatable bonds is 8. The Morgan fingerprint density at radius 1 is 1.30 bits per heavy atom. The number of hydrogen-bond donors (Lipinski definition) is 1. The Morgan fingerprint density at radius 2 is 2.10 bits per heavy atom. The van der Waals surface area contributed by atoms with Gasteiger partial charge in [-0.05, 0) is 38.5 Å². The van der Waals surface area contributed by atoms with Crippen LogP contribution in [0.15, 0.2) is 34.7 Å². The van der Waals surface area contributed by atoms with Gasteiger partial charge in [-0.25, -0.2) is 9.97 Å². The van der Waals surface area contributed by atoms with Crippen LogP contribution in [0.3, 0.4) is 0 Å². The number of carbonyl (C=O) groups is 2. The number of nitrogens with zero attached hydrogens (tertiary/aromatic N) is 2. The maximum Gasteiger partial charge on any atom is 0.311 e. The summed E-state index contributed by atoms with van der Waals surface area (Å²) in [6, 6.07) is 7.77. The maximum atomic E-state index is 12.6. The van der Waals surface area contributed by atoms with Crippen LogP contribution in [0.1, 0.15) is 25.1 Å². The molecule has 1 atom stereocenters. The lowest BCUT2D eigenvalue weighted by atomic mass is 10.1. The van der Waals surface area contributed by atoms with Crippen molar-refractivity contribution in [2.75, 3.05) is 19.0 Å². The van der Waals surface area contributed by atoms with Crippen LogP contribution in [0.25, 0.3) is 10.9 Å². The summed E-state index contributed by atoms with van der Waals surface area (Å²) in [7, 11) is 1.62. The minimum atomic E-state index is -0.388. The van der Waals surface area contributed by atoms with Crippen LogP contribution in [0, 0.1) is 6.92 Å². The van der Waals surface area contributed by atoms with E-state index < -0.39 is 0 Å². The molecule has 0 fully saturated rings. The molecule has 9 heteroatoms. The van der Waals surface area contributed by atoms with Crippen molar-refractivity contribution < 1.29 is 19.1 Å². The number of methoxy groups -OCH3 is 1. The number of nitrogens with one attached hydrogen (secondary N) is 1. The highest BCUT2D eigenvalue weighted by atomic mass is 32.2. The van der Waals surface area contributed by atoms with E-state index in [2.05, 4.69) is 15.3 Å². The first-order chi connectivity index (χ1) is 14.4. The van der Waals surface area contributed by atoms with E-state index >= 15 is 0 Å². The highest BCUT2D eigenvalue weighted by Crippen LogP contribution is 2.31. The molecule has 0 radical (unpaired) electrons. The number of pyridine rings is 1. The average molecular weight is 446 g/mol. The molecule has 1 amide bonds. The molecule has 3 rings (SSSR count). The largest absolute Gasteiger partial charge is 0.494 e. The number of ether oxygens (including phenoxy) is 2. The van der Waals surface area contributed by atoms with Gasteiger partial charge in [0.05, 0.1) is 36.1 Å². The molecular weight excluding hydrogens is 422 g/mol. The van der Waals surface area contributed by atoms with Crippen molar-refractivity contribution >= 4 is 51.0 Å². The first-order valence-electron chi connectivity index (χ1n) is 9.43. The van der Waals surface area contributed by atoms with Crippen LogP contribution in [-0.2, 0) is 20.7 Å². The number of amides is 1. The Labute approximate surface area is 183 Å². The molecule has 1 unspecified atom stereocenters. The van der Waals surface area contributed by atoms with Gasteiger partial charge in [-0.15, -0.1) is 11.3 Å². The standard InChI is InChI=1S/C21H23N3O4S2/c1-5-28-18(25)10-14-11-29-21(22-14)24-20(26)13(3)30-17-9-12(2)15-7-6-8-16(27-4)19(15)23-17/h6-9,11,13H,5,10H2,1-4H3,(H,22,24,26). The van der Waals surface area contributed by atoms with Crippen molar-refractivity contribution in [1.82, 2.24) is 9.97 Å². The van der Waals surface area contributed by atoms with E-state index in [0.29, 0.717) is 23.2 Å². The van der Waals surface area contributed by atoms with Crippen LogP contribution in [0.2, 0.25) is 0 Å². The third-order valence-electron chi connectivity index (χ3n) is 4.29. The summed E-state index contributed by atoms with van der Waals surface area (Å²) in [6.07, 6.45) is 0.0899. The summed E-state index contributed by atoms with van der Waals surface area (Å²) in [6.45, 7) is 5.91. The van der Waals surface area contributed by atoms with E-state index in [1.807, 2.05) is 38.1 Å². The van der Waals surface area contributed by atoms with Crippen molar-refractivity contribution in [2.24, 2.45) is 0 Å². The summed E-state index contributed by atoms with van der Waals surface area (Å²) in [5.41, 5.74) is 2.42. The number of benzene rings is 1. The Kier molecular flexibility index (Phi) is 7.28. The van der Waals surface area contributed by atoms with Gasteiger partial charge in [0.1, 0.15) is 11.3 Å². The fourth-order valence-electron chi connectivity index (χ4n) is 2.83. The molecule has 7 nitrogen and oxygen atoms in total. The van der Waals surface area contributed by atoms with Crippen molar-refractivity contribution in [3.63, 3.8) is 0 Å². The van der Waals surface area contributed by atoms with Crippen molar-refractivity contribution in [2.45, 2.75) is 37.5 Å². The normalized spacial score (nSPS) is 11.9. The van der Waals surface area contributed by atoms with E-state index in [0.717, 1.165) is 21.5 Å². The zero-order valence-corrected chi connectivity index (χ0v) is 18.9. The van der Waals surface area contributed by atoms with E-state index in [1.165, 1.54) is 23.1 Å². The predicted octanol–water partition coefficient (Wildman–Crippen LogP) is 4.23. The number of carbonyl (C=O) groups excluding carboxylic acids is 2. The Bertz CT molecular complexity index is 1070. The molecule has 158 valence electrons. The average Bonchev–Trinajstić information content (AvgIpc) is 3.14. The van der Waals surface area contributed by atoms with Crippen LogP contribution in [-0.4, -0.2) is 40.8 Å². The van der Waals surface area contributed by atoms with Crippen molar-refractivity contribution in [3.8, 4) is 5.75 Å². The second kappa shape index (κ2) is 9.90. The number of esters is 1. The molecule has 0 saturated heterocycles. The fraction of sp³-hybridized carbons (Fsp3) is 0.333. The first-order valence-corrected chi connectivity index (χ1v) is 11.2. The van der Waals surface area contributed by atoms with Crippen LogP contribution >= 0.6 is 23.1 Å². The maximum absolute atomic E-state index is 12.6. The number of aromatic nitrogens is 2. The van der Waals surface area contributed by atoms with E-state index in [-0.39, 0.29) is 23.5 Å². The zero-order valence-electron chi connectivity index (χ0n) is 17.2. The topological polar surface area (TPSA) is 90.4 Å². The zero-order chi connectivity index (χ0) is 21.7. The number of fused-ring (bicyclic) bond motifs is 1. The van der Waals surface area contributed by atoms with Gasteiger partial charge in [0.25, 0.3) is 0 Å². The van der Waals surface area contributed by atoms with Gasteiger partial charge in [0, 0.05) is 10.8 Å². The molecular formula is C21H23N3O4S2. The Morgan fingerprint density at radius 3 is 2.83 bits per heavy atom. The summed E-state index contributed by atoms with van der Waals surface area (Å²) in [5, 5.41) is 6.38. The van der Waals surface area contributed by atoms with Crippen LogP contribution < -0.4 is 10.1 Å². The minimum absolute atomic E-state index is 0.0899. The second-order valence-electron chi connectivity index (χ2n) is 6.51. The molecule has 1 N–H and O–H groups in total. The third kappa shape index (κ3) is 5.28. The quantitative estimate of drug-likeness (QED) is 0.410. The highest BCUT2D eigenvalue weighted by molar-refractivity contribution is 8.00. The lowest BCUT2D eigenvalue weighted by Gasteiger charge is -2.13. The summed E-state index contributed by atoms with van der Waals surface area (Å²) in [5.74, 6) is 0.182. The number of thiazole rings is 1. The Balaban J connectivity index is 1.67. The molecule has 0 aliphatic heterocycles. The molecule has 0 bridgehead atoms. The molecule has 0 spiro atoms. The van der Waals surface area contributed by atoms with E-state index in [4.69, 9.17) is 9.47 Å². The monoisotopic (exact) mass is 445 g/mol. The van der Waals surface area contributed by atoms with Gasteiger partial charge in [-0.2, -0.15) is 0 Å². The Hall–Kier alpha value is -2.65. The van der Waals surface area contributed by atoms with E-state index in [1.54, 1.807) is 19.4 Å². The summed E-state index contributed by atoms with van der Waals surface area (Å²) < 4.78 is 10.3. The number of hydrogen-bond acceptors (Lipinski definition) is 8. The number of thioether (sulfide) groups is 1. The van der Waals surface area contributed by atoms with E-state index in [9.17, 15) is 9.59 Å². The van der Waals surface area contributed by atoms with Crippen molar-refractivity contribution in [3.05, 3.63) is 40.9 Å². The molecule has 0 aliphatic rings. The molecule has 2 aromatic heterocycles. The molecule has 0 aliphatic carbocycles. The fourth-order valence-corrected chi connectivity index (χ4v) is 4.46.